The van der Waals surface area contributed by atoms with Crippen LogP contribution >= 0.6 is 22.4 Å². The zero-order valence-electron chi connectivity index (χ0n) is 14.1. The Morgan fingerprint density at radius 1 is 1.16 bits per heavy atom. The highest BCUT2D eigenvalue weighted by molar-refractivity contribution is 8.25. The molecule has 0 unspecified atom stereocenters. The average molecular weight is 381 g/mol. The molecule has 2 aromatic carbocycles. The Morgan fingerprint density at radius 3 is 2.44 bits per heavy atom. The number of halogens is 1. The van der Waals surface area contributed by atoms with Gasteiger partial charge in [-0.2, -0.15) is 0 Å². The Balaban J connectivity index is 1.88. The van der Waals surface area contributed by atoms with E-state index in [-0.39, 0.29) is 5.91 Å². The monoisotopic (exact) mass is 380 g/mol. The molecule has 25 heavy (non-hydrogen) atoms. The second-order valence-corrected chi connectivity index (χ2v) is 8.81. The van der Waals surface area contributed by atoms with E-state index in [1.165, 1.54) is 0 Å². The first-order valence-corrected chi connectivity index (χ1v) is 10.0. The van der Waals surface area contributed by atoms with Gasteiger partial charge in [0.25, 0.3) is 5.91 Å². The van der Waals surface area contributed by atoms with Crippen LogP contribution in [-0.4, -0.2) is 27.3 Å². The number of rotatable bonds is 3. The molecular weight excluding hydrogens is 360 g/mol. The first-order chi connectivity index (χ1) is 11.8. The molecule has 1 amide bonds. The van der Waals surface area contributed by atoms with Crippen molar-refractivity contribution in [3.8, 4) is 0 Å². The Labute approximate surface area is 154 Å². The van der Waals surface area contributed by atoms with Crippen molar-refractivity contribution < 1.29 is 13.9 Å². The minimum Gasteiger partial charge on any atom is -0.322 e. The predicted molar refractivity (Wildman–Crippen MR) is 105 cm³/mol. The van der Waals surface area contributed by atoms with Gasteiger partial charge in [-0.05, 0) is 61.7 Å². The summed E-state index contributed by atoms with van der Waals surface area (Å²) in [6.45, 7) is 4.48. The normalized spacial score (nSPS) is 17.4. The van der Waals surface area contributed by atoms with Crippen LogP contribution in [0.5, 0.6) is 0 Å². The lowest BCUT2D eigenvalue weighted by Gasteiger charge is -2.38. The van der Waals surface area contributed by atoms with Crippen LogP contribution in [-0.2, 0) is 0 Å². The molecule has 0 aliphatic carbocycles. The Bertz CT molecular complexity index is 806. The fraction of sp³-hybridized carbons (Fsp3) is 0.278. The van der Waals surface area contributed by atoms with Gasteiger partial charge in [0.15, 0.2) is 0 Å². The lowest BCUT2D eigenvalue weighted by Crippen LogP contribution is -2.22. The highest BCUT2D eigenvalue weighted by Gasteiger charge is 2.29. The van der Waals surface area contributed by atoms with E-state index < -0.39 is 10.8 Å². The SMILES string of the molecule is Cc1cc(C)cc(NC(=O)c2cc(N3CCCS3(O)O)ccc2Cl)c1. The van der Waals surface area contributed by atoms with Crippen LogP contribution in [0.2, 0.25) is 5.02 Å². The van der Waals surface area contributed by atoms with E-state index >= 15 is 0 Å². The van der Waals surface area contributed by atoms with Gasteiger partial charge in [-0.15, -0.1) is 10.8 Å². The van der Waals surface area contributed by atoms with E-state index in [1.807, 2.05) is 32.0 Å². The van der Waals surface area contributed by atoms with Crippen molar-refractivity contribution in [2.45, 2.75) is 20.3 Å². The summed E-state index contributed by atoms with van der Waals surface area (Å²) in [5, 5.41) is 3.18. The third-order valence-corrected chi connectivity index (χ3v) is 6.36. The highest BCUT2D eigenvalue weighted by atomic mass is 35.5. The van der Waals surface area contributed by atoms with E-state index in [2.05, 4.69) is 5.32 Å². The van der Waals surface area contributed by atoms with Crippen LogP contribution in [0, 0.1) is 13.8 Å². The summed E-state index contributed by atoms with van der Waals surface area (Å²) in [7, 11) is -2.81. The molecule has 5 nitrogen and oxygen atoms in total. The third kappa shape index (κ3) is 3.93. The minimum absolute atomic E-state index is 0.306. The number of nitrogens with one attached hydrogen (secondary N) is 1. The Kier molecular flexibility index (Phi) is 4.97. The summed E-state index contributed by atoms with van der Waals surface area (Å²) in [4.78, 5) is 12.7. The van der Waals surface area contributed by atoms with Crippen molar-refractivity contribution in [1.82, 2.24) is 0 Å². The molecular formula is C18H21ClN2O3S. The summed E-state index contributed by atoms with van der Waals surface area (Å²) < 4.78 is 21.8. The number of amides is 1. The summed E-state index contributed by atoms with van der Waals surface area (Å²) in [6, 6.07) is 10.7. The number of benzene rings is 2. The summed E-state index contributed by atoms with van der Waals surface area (Å²) >= 11 is 6.20. The Morgan fingerprint density at radius 2 is 1.84 bits per heavy atom. The van der Waals surface area contributed by atoms with Gasteiger partial charge in [-0.25, -0.2) is 0 Å². The fourth-order valence-corrected chi connectivity index (χ4v) is 4.86. The number of carbonyl (C=O) groups excluding carboxylic acids is 1. The van der Waals surface area contributed by atoms with Crippen molar-refractivity contribution in [2.75, 3.05) is 21.9 Å². The van der Waals surface area contributed by atoms with Crippen molar-refractivity contribution in [2.24, 2.45) is 0 Å². The van der Waals surface area contributed by atoms with Crippen LogP contribution in [0.15, 0.2) is 36.4 Å². The smallest absolute Gasteiger partial charge is 0.257 e. The molecule has 1 heterocycles. The molecule has 2 aromatic rings. The summed E-state index contributed by atoms with van der Waals surface area (Å²) in [6.07, 6.45) is 0.703. The molecule has 3 N–H and O–H groups in total. The van der Waals surface area contributed by atoms with Gasteiger partial charge in [0.2, 0.25) is 0 Å². The fourth-order valence-electron chi connectivity index (χ4n) is 3.04. The largest absolute Gasteiger partial charge is 0.322 e. The lowest BCUT2D eigenvalue weighted by atomic mass is 10.1. The van der Waals surface area contributed by atoms with Crippen LogP contribution < -0.4 is 9.62 Å². The predicted octanol–water partition coefficient (Wildman–Crippen LogP) is 5.08. The lowest BCUT2D eigenvalue weighted by molar-refractivity contribution is 0.102. The van der Waals surface area contributed by atoms with Gasteiger partial charge in [0.1, 0.15) is 0 Å². The van der Waals surface area contributed by atoms with E-state index in [0.29, 0.717) is 40.7 Å². The molecule has 0 bridgehead atoms. The molecule has 134 valence electrons. The molecule has 1 fully saturated rings. The van der Waals surface area contributed by atoms with Crippen molar-refractivity contribution in [3.05, 3.63) is 58.1 Å². The maximum absolute atomic E-state index is 12.7. The molecule has 1 saturated heterocycles. The van der Waals surface area contributed by atoms with Crippen molar-refractivity contribution >= 4 is 39.7 Å². The number of carbonyl (C=O) groups is 1. The minimum atomic E-state index is -2.81. The number of hydrogen-bond donors (Lipinski definition) is 3. The number of anilines is 2. The Hall–Kier alpha value is -1.73. The molecule has 0 aromatic heterocycles. The quantitative estimate of drug-likeness (QED) is 0.693. The maximum atomic E-state index is 12.7. The first kappa shape index (κ1) is 18.1. The number of nitrogens with zero attached hydrogens (tertiary/aromatic N) is 1. The van der Waals surface area contributed by atoms with Gasteiger partial charge in [0, 0.05) is 12.2 Å². The molecule has 3 rings (SSSR count). The second-order valence-electron chi connectivity index (χ2n) is 6.29. The van der Waals surface area contributed by atoms with Crippen LogP contribution in [0.25, 0.3) is 0 Å². The molecule has 1 aliphatic heterocycles. The number of aryl methyl sites for hydroxylation is 2. The van der Waals surface area contributed by atoms with Crippen molar-refractivity contribution in [1.29, 1.82) is 0 Å². The van der Waals surface area contributed by atoms with E-state index in [0.717, 1.165) is 11.1 Å². The average Bonchev–Trinajstić information content (AvgIpc) is 2.86. The molecule has 0 spiro atoms. The highest BCUT2D eigenvalue weighted by Crippen LogP contribution is 2.51. The molecule has 7 heteroatoms. The van der Waals surface area contributed by atoms with E-state index in [1.54, 1.807) is 22.5 Å². The maximum Gasteiger partial charge on any atom is 0.257 e. The van der Waals surface area contributed by atoms with Crippen molar-refractivity contribution in [3.63, 3.8) is 0 Å². The molecule has 0 radical (unpaired) electrons. The van der Waals surface area contributed by atoms with E-state index in [4.69, 9.17) is 11.6 Å². The zero-order chi connectivity index (χ0) is 18.2. The van der Waals surface area contributed by atoms with Gasteiger partial charge in [-0.3, -0.25) is 18.2 Å². The molecule has 0 saturated carbocycles. The topological polar surface area (TPSA) is 72.8 Å². The van der Waals surface area contributed by atoms with Crippen LogP contribution in [0.3, 0.4) is 0 Å². The second kappa shape index (κ2) is 6.88. The van der Waals surface area contributed by atoms with Gasteiger partial charge in [0.05, 0.1) is 22.0 Å². The summed E-state index contributed by atoms with van der Waals surface area (Å²) in [5.74, 6) is 0.0206. The summed E-state index contributed by atoms with van der Waals surface area (Å²) in [5.41, 5.74) is 3.71. The van der Waals surface area contributed by atoms with Gasteiger partial charge < -0.3 is 5.32 Å². The zero-order valence-corrected chi connectivity index (χ0v) is 15.7. The van der Waals surface area contributed by atoms with Crippen LogP contribution in [0.4, 0.5) is 11.4 Å². The molecule has 0 atom stereocenters. The van der Waals surface area contributed by atoms with Gasteiger partial charge >= 0.3 is 0 Å². The first-order valence-electron chi connectivity index (χ1n) is 7.99. The van der Waals surface area contributed by atoms with Crippen LogP contribution in [0.1, 0.15) is 27.9 Å². The standard InChI is InChI=1S/C18H21ClN2O3S/c1-12-8-13(2)10-14(9-12)20-18(22)16-11-15(4-5-17(16)19)21-6-3-7-25(21,23)24/h4-5,8-11,23-24H,3,6-7H2,1-2H3,(H,20,22). The van der Waals surface area contributed by atoms with E-state index in [9.17, 15) is 13.9 Å². The third-order valence-electron chi connectivity index (χ3n) is 4.09. The molecule has 1 aliphatic rings. The number of hydrogen-bond acceptors (Lipinski definition) is 4. The van der Waals surface area contributed by atoms with Gasteiger partial charge in [-0.1, -0.05) is 17.7 Å².